The van der Waals surface area contributed by atoms with Crippen LogP contribution < -0.4 is 4.74 Å². The van der Waals surface area contributed by atoms with Crippen LogP contribution in [-0.4, -0.2) is 30.6 Å². The van der Waals surface area contributed by atoms with Crippen LogP contribution in [-0.2, 0) is 0 Å². The average molecular weight is 306 g/mol. The van der Waals surface area contributed by atoms with Crippen molar-refractivity contribution in [1.82, 2.24) is 4.90 Å². The summed E-state index contributed by atoms with van der Waals surface area (Å²) in [7, 11) is 0. The SMILES string of the molecule is C#Cc1ccc(OCCCN2CC3CCC2CC3)cc1.Cl. The van der Waals surface area contributed by atoms with Gasteiger partial charge in [-0.2, -0.15) is 0 Å². The minimum absolute atomic E-state index is 0. The Kier molecular flexibility index (Phi) is 5.96. The molecule has 2 bridgehead atoms. The molecule has 2 saturated heterocycles. The highest BCUT2D eigenvalue weighted by Gasteiger charge is 2.32. The molecule has 2 heterocycles. The summed E-state index contributed by atoms with van der Waals surface area (Å²) in [5.41, 5.74) is 0.904. The van der Waals surface area contributed by atoms with Gasteiger partial charge < -0.3 is 4.74 Å². The van der Waals surface area contributed by atoms with Crippen molar-refractivity contribution in [1.29, 1.82) is 0 Å². The molecule has 114 valence electrons. The van der Waals surface area contributed by atoms with Gasteiger partial charge in [-0.3, -0.25) is 4.90 Å². The van der Waals surface area contributed by atoms with Gasteiger partial charge >= 0.3 is 0 Å². The summed E-state index contributed by atoms with van der Waals surface area (Å²) in [6.45, 7) is 3.30. The number of hydrogen-bond donors (Lipinski definition) is 0. The lowest BCUT2D eigenvalue weighted by molar-refractivity contribution is 0.0452. The highest BCUT2D eigenvalue weighted by Crippen LogP contribution is 2.34. The van der Waals surface area contributed by atoms with Crippen LogP contribution in [0.3, 0.4) is 0 Å². The van der Waals surface area contributed by atoms with E-state index >= 15 is 0 Å². The Morgan fingerprint density at radius 1 is 1.14 bits per heavy atom. The molecule has 1 aromatic carbocycles. The van der Waals surface area contributed by atoms with E-state index in [1.165, 1.54) is 38.8 Å². The molecule has 1 aliphatic carbocycles. The maximum absolute atomic E-state index is 5.78. The summed E-state index contributed by atoms with van der Waals surface area (Å²) >= 11 is 0. The fraction of sp³-hybridized carbons (Fsp3) is 0.556. The fourth-order valence-corrected chi connectivity index (χ4v) is 3.55. The highest BCUT2D eigenvalue weighted by molar-refractivity contribution is 5.85. The molecule has 0 unspecified atom stereocenters. The molecular weight excluding hydrogens is 282 g/mol. The summed E-state index contributed by atoms with van der Waals surface area (Å²) < 4.78 is 5.78. The minimum atomic E-state index is 0. The van der Waals surface area contributed by atoms with Gasteiger partial charge in [0, 0.05) is 24.7 Å². The maximum atomic E-state index is 5.78. The zero-order valence-corrected chi connectivity index (χ0v) is 13.3. The third kappa shape index (κ3) is 4.15. The fourth-order valence-electron chi connectivity index (χ4n) is 3.55. The predicted molar refractivity (Wildman–Crippen MR) is 89.1 cm³/mol. The molecule has 0 aromatic heterocycles. The second-order valence-corrected chi connectivity index (χ2v) is 6.04. The third-order valence-corrected chi connectivity index (χ3v) is 4.70. The maximum Gasteiger partial charge on any atom is 0.119 e. The Bertz CT molecular complexity index is 471. The summed E-state index contributed by atoms with van der Waals surface area (Å²) in [5.74, 6) is 4.51. The zero-order valence-electron chi connectivity index (χ0n) is 12.5. The molecule has 1 saturated carbocycles. The molecule has 3 aliphatic rings. The highest BCUT2D eigenvalue weighted by atomic mass is 35.5. The molecule has 2 nitrogen and oxygen atoms in total. The van der Waals surface area contributed by atoms with Crippen LogP contribution in [0.4, 0.5) is 0 Å². The number of halogens is 1. The van der Waals surface area contributed by atoms with E-state index in [0.29, 0.717) is 0 Å². The van der Waals surface area contributed by atoms with Crippen molar-refractivity contribution < 1.29 is 4.74 Å². The number of terminal acetylenes is 1. The summed E-state index contributed by atoms with van der Waals surface area (Å²) in [6.07, 6.45) is 12.2. The van der Waals surface area contributed by atoms with Crippen molar-refractivity contribution in [3.8, 4) is 18.1 Å². The Hall–Kier alpha value is -1.17. The van der Waals surface area contributed by atoms with Gasteiger partial charge in [-0.1, -0.05) is 5.92 Å². The molecule has 0 atom stereocenters. The first-order valence-corrected chi connectivity index (χ1v) is 7.78. The van der Waals surface area contributed by atoms with E-state index in [9.17, 15) is 0 Å². The third-order valence-electron chi connectivity index (χ3n) is 4.70. The Morgan fingerprint density at radius 3 is 2.43 bits per heavy atom. The smallest absolute Gasteiger partial charge is 0.119 e. The largest absolute Gasteiger partial charge is 0.494 e. The first-order chi connectivity index (χ1) is 9.85. The van der Waals surface area contributed by atoms with E-state index in [4.69, 9.17) is 11.2 Å². The number of benzene rings is 1. The van der Waals surface area contributed by atoms with Crippen LogP contribution in [0, 0.1) is 18.3 Å². The van der Waals surface area contributed by atoms with Crippen LogP contribution in [0.1, 0.15) is 37.7 Å². The molecule has 2 aliphatic heterocycles. The summed E-state index contributed by atoms with van der Waals surface area (Å²) in [6, 6.07) is 8.63. The molecule has 0 N–H and O–H groups in total. The van der Waals surface area contributed by atoms with E-state index in [0.717, 1.165) is 36.3 Å². The minimum Gasteiger partial charge on any atom is -0.494 e. The number of rotatable bonds is 5. The lowest BCUT2D eigenvalue weighted by atomic mass is 9.80. The van der Waals surface area contributed by atoms with Gasteiger partial charge in [0.2, 0.25) is 0 Å². The Morgan fingerprint density at radius 2 is 1.86 bits per heavy atom. The first-order valence-electron chi connectivity index (χ1n) is 7.78. The molecule has 3 fully saturated rings. The van der Waals surface area contributed by atoms with Crippen LogP contribution >= 0.6 is 12.4 Å². The number of piperidine rings is 2. The monoisotopic (exact) mass is 305 g/mol. The molecule has 0 radical (unpaired) electrons. The van der Waals surface area contributed by atoms with Gasteiger partial charge in [-0.15, -0.1) is 18.8 Å². The summed E-state index contributed by atoms with van der Waals surface area (Å²) in [5, 5.41) is 0. The number of fused-ring (bicyclic) bond motifs is 3. The van der Waals surface area contributed by atoms with Crippen molar-refractivity contribution in [3.63, 3.8) is 0 Å². The summed E-state index contributed by atoms with van der Waals surface area (Å²) in [4.78, 5) is 2.68. The van der Waals surface area contributed by atoms with E-state index < -0.39 is 0 Å². The zero-order chi connectivity index (χ0) is 13.8. The van der Waals surface area contributed by atoms with Crippen LogP contribution in [0.15, 0.2) is 24.3 Å². The molecular formula is C18H24ClNO. The lowest BCUT2D eigenvalue weighted by Crippen LogP contribution is -2.48. The predicted octanol–water partition coefficient (Wildman–Crippen LogP) is 3.73. The van der Waals surface area contributed by atoms with Gasteiger partial charge in [0.25, 0.3) is 0 Å². The van der Waals surface area contributed by atoms with Crippen LogP contribution in [0.25, 0.3) is 0 Å². The molecule has 0 amide bonds. The quantitative estimate of drug-likeness (QED) is 0.607. The van der Waals surface area contributed by atoms with Gasteiger partial charge in [0.1, 0.15) is 5.75 Å². The van der Waals surface area contributed by atoms with Crippen LogP contribution in [0.5, 0.6) is 5.75 Å². The van der Waals surface area contributed by atoms with Crippen molar-refractivity contribution in [2.45, 2.75) is 38.1 Å². The standard InChI is InChI=1S/C18H23NO.ClH/c1-2-15-6-10-18(11-7-15)20-13-3-12-19-14-16-4-8-17(19)9-5-16;/h1,6-7,10-11,16-17H,3-5,8-9,12-14H2;1H. The second-order valence-electron chi connectivity index (χ2n) is 6.04. The Balaban J connectivity index is 0.00000161. The number of ether oxygens (including phenoxy) is 1. The van der Waals surface area contributed by atoms with E-state index in [2.05, 4.69) is 10.8 Å². The number of hydrogen-bond acceptors (Lipinski definition) is 2. The van der Waals surface area contributed by atoms with Crippen molar-refractivity contribution >= 4 is 12.4 Å². The average Bonchev–Trinajstić information content (AvgIpc) is 2.53. The number of nitrogens with zero attached hydrogens (tertiary/aromatic N) is 1. The van der Waals surface area contributed by atoms with Crippen molar-refractivity contribution in [2.24, 2.45) is 5.92 Å². The lowest BCUT2D eigenvalue weighted by Gasteiger charge is -2.45. The van der Waals surface area contributed by atoms with E-state index in [1.807, 2.05) is 24.3 Å². The molecule has 0 spiro atoms. The van der Waals surface area contributed by atoms with E-state index in [-0.39, 0.29) is 12.4 Å². The second kappa shape index (κ2) is 7.73. The topological polar surface area (TPSA) is 12.5 Å². The molecule has 21 heavy (non-hydrogen) atoms. The van der Waals surface area contributed by atoms with Gasteiger partial charge in [0.15, 0.2) is 0 Å². The van der Waals surface area contributed by atoms with Gasteiger partial charge in [-0.25, -0.2) is 0 Å². The van der Waals surface area contributed by atoms with E-state index in [1.54, 1.807) is 0 Å². The molecule has 3 heteroatoms. The van der Waals surface area contributed by atoms with Crippen LogP contribution in [0.2, 0.25) is 0 Å². The van der Waals surface area contributed by atoms with Gasteiger partial charge in [-0.05, 0) is 62.3 Å². The molecule has 4 rings (SSSR count). The Labute approximate surface area is 134 Å². The molecule has 1 aromatic rings. The van der Waals surface area contributed by atoms with Crippen molar-refractivity contribution in [2.75, 3.05) is 19.7 Å². The van der Waals surface area contributed by atoms with Gasteiger partial charge in [0.05, 0.1) is 6.61 Å². The normalized spacial score (nSPS) is 24.1. The van der Waals surface area contributed by atoms with Crippen molar-refractivity contribution in [3.05, 3.63) is 29.8 Å². The first kappa shape index (κ1) is 16.2.